The first-order chi connectivity index (χ1) is 8.61. The number of hydrogen-bond donors (Lipinski definition) is 0. The SMILES string of the molecule is CCOC(=O)c1noc(-c2ccc(Cl)cc2Br)n1. The number of esters is 1. The summed E-state index contributed by atoms with van der Waals surface area (Å²) in [5.74, 6) is -0.493. The minimum absolute atomic E-state index is 0.103. The summed E-state index contributed by atoms with van der Waals surface area (Å²) in [7, 11) is 0. The van der Waals surface area contributed by atoms with Gasteiger partial charge in [0.05, 0.1) is 12.2 Å². The Kier molecular flexibility index (Phi) is 3.98. The number of rotatable bonds is 3. The normalized spacial score (nSPS) is 10.4. The van der Waals surface area contributed by atoms with Crippen LogP contribution in [0.15, 0.2) is 27.2 Å². The fraction of sp³-hybridized carbons (Fsp3) is 0.182. The Morgan fingerprint density at radius 3 is 3.00 bits per heavy atom. The van der Waals surface area contributed by atoms with Crippen LogP contribution in [0.2, 0.25) is 5.02 Å². The van der Waals surface area contributed by atoms with Crippen LogP contribution in [0.1, 0.15) is 17.5 Å². The highest BCUT2D eigenvalue weighted by molar-refractivity contribution is 9.10. The minimum atomic E-state index is -0.613. The van der Waals surface area contributed by atoms with E-state index in [2.05, 4.69) is 26.1 Å². The third kappa shape index (κ3) is 2.70. The molecule has 94 valence electrons. The van der Waals surface area contributed by atoms with Gasteiger partial charge in [-0.1, -0.05) is 11.6 Å². The van der Waals surface area contributed by atoms with Gasteiger partial charge in [0.1, 0.15) is 0 Å². The molecular formula is C11H8BrClN2O3. The third-order valence-corrected chi connectivity index (χ3v) is 2.94. The van der Waals surface area contributed by atoms with Crippen molar-refractivity contribution in [3.8, 4) is 11.5 Å². The van der Waals surface area contributed by atoms with E-state index in [0.29, 0.717) is 15.1 Å². The van der Waals surface area contributed by atoms with Crippen LogP contribution >= 0.6 is 27.5 Å². The molecule has 0 aliphatic heterocycles. The predicted molar refractivity (Wildman–Crippen MR) is 68.4 cm³/mol. The molecule has 2 rings (SSSR count). The highest BCUT2D eigenvalue weighted by Crippen LogP contribution is 2.29. The number of hydrogen-bond acceptors (Lipinski definition) is 5. The first kappa shape index (κ1) is 13.0. The molecule has 7 heteroatoms. The number of carbonyl (C=O) groups excluding carboxylic acids is 1. The van der Waals surface area contributed by atoms with Crippen LogP contribution in [-0.4, -0.2) is 22.7 Å². The molecule has 1 aromatic heterocycles. The monoisotopic (exact) mass is 330 g/mol. The summed E-state index contributed by atoms with van der Waals surface area (Å²) in [5, 5.41) is 4.14. The maximum Gasteiger partial charge on any atom is 0.379 e. The summed E-state index contributed by atoms with van der Waals surface area (Å²) in [4.78, 5) is 15.4. The van der Waals surface area contributed by atoms with Crippen LogP contribution < -0.4 is 0 Å². The average Bonchev–Trinajstić information content (AvgIpc) is 2.78. The molecule has 0 spiro atoms. The molecule has 0 radical (unpaired) electrons. The third-order valence-electron chi connectivity index (χ3n) is 2.05. The maximum atomic E-state index is 11.4. The number of halogens is 2. The summed E-state index contributed by atoms with van der Waals surface area (Å²) in [6.45, 7) is 1.96. The van der Waals surface area contributed by atoms with E-state index in [0.717, 1.165) is 0 Å². The first-order valence-corrected chi connectivity index (χ1v) is 6.25. The quantitative estimate of drug-likeness (QED) is 0.807. The second-order valence-corrected chi connectivity index (χ2v) is 4.56. The van der Waals surface area contributed by atoms with E-state index in [-0.39, 0.29) is 18.3 Å². The smallest absolute Gasteiger partial charge is 0.379 e. The first-order valence-electron chi connectivity index (χ1n) is 5.08. The van der Waals surface area contributed by atoms with Gasteiger partial charge in [-0.3, -0.25) is 0 Å². The van der Waals surface area contributed by atoms with Crippen molar-refractivity contribution in [2.45, 2.75) is 6.92 Å². The molecule has 0 unspecified atom stereocenters. The molecule has 0 N–H and O–H groups in total. The van der Waals surface area contributed by atoms with Crippen molar-refractivity contribution in [2.24, 2.45) is 0 Å². The zero-order valence-corrected chi connectivity index (χ0v) is 11.7. The van der Waals surface area contributed by atoms with Crippen LogP contribution in [-0.2, 0) is 4.74 Å². The molecule has 1 heterocycles. The summed E-state index contributed by atoms with van der Waals surface area (Å²) in [6, 6.07) is 5.11. The fourth-order valence-electron chi connectivity index (χ4n) is 1.27. The van der Waals surface area contributed by atoms with Gasteiger partial charge in [-0.15, -0.1) is 0 Å². The van der Waals surface area contributed by atoms with Gasteiger partial charge < -0.3 is 9.26 Å². The molecular weight excluding hydrogens is 323 g/mol. The molecule has 0 amide bonds. The van der Waals surface area contributed by atoms with Gasteiger partial charge in [0, 0.05) is 9.50 Å². The molecule has 1 aromatic carbocycles. The van der Waals surface area contributed by atoms with Crippen LogP contribution in [0.4, 0.5) is 0 Å². The van der Waals surface area contributed by atoms with E-state index in [1.807, 2.05) is 0 Å². The Bertz CT molecular complexity index is 585. The Balaban J connectivity index is 2.32. The lowest BCUT2D eigenvalue weighted by Crippen LogP contribution is -2.06. The molecule has 0 fully saturated rings. The summed E-state index contributed by atoms with van der Waals surface area (Å²) >= 11 is 9.16. The van der Waals surface area contributed by atoms with Gasteiger partial charge in [0.25, 0.3) is 11.7 Å². The van der Waals surface area contributed by atoms with E-state index in [1.165, 1.54) is 0 Å². The van der Waals surface area contributed by atoms with Crippen molar-refractivity contribution in [3.63, 3.8) is 0 Å². The molecule has 0 aliphatic rings. The zero-order chi connectivity index (χ0) is 13.1. The molecule has 18 heavy (non-hydrogen) atoms. The lowest BCUT2D eigenvalue weighted by Gasteiger charge is -1.98. The van der Waals surface area contributed by atoms with Gasteiger partial charge in [-0.05, 0) is 46.2 Å². The van der Waals surface area contributed by atoms with Crippen LogP contribution in [0, 0.1) is 0 Å². The van der Waals surface area contributed by atoms with Gasteiger partial charge in [0.2, 0.25) is 0 Å². The average molecular weight is 332 g/mol. The summed E-state index contributed by atoms with van der Waals surface area (Å²) in [6.07, 6.45) is 0. The van der Waals surface area contributed by atoms with Crippen molar-refractivity contribution in [2.75, 3.05) is 6.61 Å². The van der Waals surface area contributed by atoms with Crippen molar-refractivity contribution in [1.29, 1.82) is 0 Å². The second-order valence-electron chi connectivity index (χ2n) is 3.27. The highest BCUT2D eigenvalue weighted by atomic mass is 79.9. The van der Waals surface area contributed by atoms with E-state index >= 15 is 0 Å². The Morgan fingerprint density at radius 2 is 2.33 bits per heavy atom. The zero-order valence-electron chi connectivity index (χ0n) is 9.31. The Morgan fingerprint density at radius 1 is 1.56 bits per heavy atom. The maximum absolute atomic E-state index is 11.4. The van der Waals surface area contributed by atoms with Crippen molar-refractivity contribution >= 4 is 33.5 Å². The fourth-order valence-corrected chi connectivity index (χ4v) is 2.13. The van der Waals surface area contributed by atoms with Gasteiger partial charge in [-0.2, -0.15) is 4.98 Å². The van der Waals surface area contributed by atoms with Crippen LogP contribution in [0.3, 0.4) is 0 Å². The van der Waals surface area contributed by atoms with Gasteiger partial charge >= 0.3 is 5.97 Å². The largest absolute Gasteiger partial charge is 0.460 e. The number of nitrogens with zero attached hydrogens (tertiary/aromatic N) is 2. The van der Waals surface area contributed by atoms with E-state index < -0.39 is 5.97 Å². The lowest BCUT2D eigenvalue weighted by molar-refractivity contribution is 0.0508. The molecule has 2 aromatic rings. The van der Waals surface area contributed by atoms with Crippen molar-refractivity contribution in [3.05, 3.63) is 33.5 Å². The number of benzene rings is 1. The van der Waals surface area contributed by atoms with Crippen LogP contribution in [0.5, 0.6) is 0 Å². The van der Waals surface area contributed by atoms with E-state index in [1.54, 1.807) is 25.1 Å². The lowest BCUT2D eigenvalue weighted by atomic mass is 10.2. The molecule has 0 aliphatic carbocycles. The van der Waals surface area contributed by atoms with E-state index in [4.69, 9.17) is 20.9 Å². The minimum Gasteiger partial charge on any atom is -0.460 e. The summed E-state index contributed by atoms with van der Waals surface area (Å²) < 4.78 is 10.5. The molecule has 0 bridgehead atoms. The number of aromatic nitrogens is 2. The topological polar surface area (TPSA) is 65.2 Å². The Labute approximate surface area is 116 Å². The molecule has 0 saturated carbocycles. The molecule has 0 atom stereocenters. The Hall–Kier alpha value is -1.40. The number of ether oxygens (including phenoxy) is 1. The number of carbonyl (C=O) groups is 1. The van der Waals surface area contributed by atoms with Gasteiger partial charge in [0.15, 0.2) is 0 Å². The summed E-state index contributed by atoms with van der Waals surface area (Å²) in [5.41, 5.74) is 0.655. The standard InChI is InChI=1S/C11H8BrClN2O3/c1-2-17-11(16)9-14-10(18-15-9)7-4-3-6(13)5-8(7)12/h3-5H,2H2,1H3. The predicted octanol–water partition coefficient (Wildman–Crippen LogP) is 3.33. The van der Waals surface area contributed by atoms with E-state index in [9.17, 15) is 4.79 Å². The van der Waals surface area contributed by atoms with Crippen LogP contribution in [0.25, 0.3) is 11.5 Å². The molecule has 0 saturated heterocycles. The highest BCUT2D eigenvalue weighted by Gasteiger charge is 2.18. The molecule has 5 nitrogen and oxygen atoms in total. The second kappa shape index (κ2) is 5.49. The van der Waals surface area contributed by atoms with Crippen molar-refractivity contribution < 1.29 is 14.1 Å². The van der Waals surface area contributed by atoms with Crippen molar-refractivity contribution in [1.82, 2.24) is 10.1 Å². The van der Waals surface area contributed by atoms with Gasteiger partial charge in [-0.25, -0.2) is 4.79 Å².